The summed E-state index contributed by atoms with van der Waals surface area (Å²) in [5.74, 6) is 1.01. The number of carboxylic acids is 1. The lowest BCUT2D eigenvalue weighted by atomic mass is 9.90. The molecule has 1 atom stereocenters. The summed E-state index contributed by atoms with van der Waals surface area (Å²) in [7, 11) is 0. The lowest BCUT2D eigenvalue weighted by molar-refractivity contribution is -0.147. The van der Waals surface area contributed by atoms with E-state index >= 15 is 0 Å². The standard InChI is InChI=1S/C17H23NO3/c1-17(16(19)20)8-9-18(12-17)10-13-4-6-15(7-5-13)21-11-14-2-3-14/h4-7,14H,2-3,8-12H2,1H3,(H,19,20). The van der Waals surface area contributed by atoms with Crippen molar-refractivity contribution in [1.82, 2.24) is 4.90 Å². The van der Waals surface area contributed by atoms with Gasteiger partial charge in [0.15, 0.2) is 0 Å². The van der Waals surface area contributed by atoms with Crippen molar-refractivity contribution >= 4 is 5.97 Å². The van der Waals surface area contributed by atoms with E-state index in [1.807, 2.05) is 19.1 Å². The molecule has 1 aliphatic heterocycles. The number of aliphatic carboxylic acids is 1. The Bertz CT molecular complexity index is 509. The van der Waals surface area contributed by atoms with E-state index in [0.29, 0.717) is 6.54 Å². The van der Waals surface area contributed by atoms with E-state index in [2.05, 4.69) is 17.0 Å². The zero-order chi connectivity index (χ0) is 14.9. The normalized spacial score (nSPS) is 26.0. The second kappa shape index (κ2) is 5.68. The first kappa shape index (κ1) is 14.4. The van der Waals surface area contributed by atoms with Gasteiger partial charge in [0, 0.05) is 13.1 Å². The Hall–Kier alpha value is -1.55. The fourth-order valence-corrected chi connectivity index (χ4v) is 2.81. The number of benzene rings is 1. The predicted octanol–water partition coefficient (Wildman–Crippen LogP) is 2.77. The molecule has 0 amide bonds. The Labute approximate surface area is 125 Å². The first-order chi connectivity index (χ1) is 10.0. The molecule has 0 spiro atoms. The van der Waals surface area contributed by atoms with E-state index in [0.717, 1.165) is 37.8 Å². The molecule has 1 saturated heterocycles. The molecule has 1 saturated carbocycles. The van der Waals surface area contributed by atoms with Crippen LogP contribution in [0.15, 0.2) is 24.3 Å². The van der Waals surface area contributed by atoms with Crippen LogP contribution < -0.4 is 4.74 Å². The van der Waals surface area contributed by atoms with Crippen molar-refractivity contribution in [3.05, 3.63) is 29.8 Å². The summed E-state index contributed by atoms with van der Waals surface area (Å²) in [6.07, 6.45) is 3.33. The van der Waals surface area contributed by atoms with Crippen LogP contribution >= 0.6 is 0 Å². The zero-order valence-corrected chi connectivity index (χ0v) is 12.5. The monoisotopic (exact) mass is 289 g/mol. The largest absolute Gasteiger partial charge is 0.493 e. The molecule has 114 valence electrons. The van der Waals surface area contributed by atoms with E-state index in [1.54, 1.807) is 0 Å². The van der Waals surface area contributed by atoms with Crippen LogP contribution in [-0.2, 0) is 11.3 Å². The average Bonchev–Trinajstić information content (AvgIpc) is 3.21. The molecule has 4 heteroatoms. The number of nitrogens with zero attached hydrogens (tertiary/aromatic N) is 1. The summed E-state index contributed by atoms with van der Waals surface area (Å²) < 4.78 is 5.73. The highest BCUT2D eigenvalue weighted by Gasteiger charge is 2.40. The lowest BCUT2D eigenvalue weighted by Crippen LogP contribution is -2.31. The molecular weight excluding hydrogens is 266 g/mol. The topological polar surface area (TPSA) is 49.8 Å². The van der Waals surface area contributed by atoms with Crippen LogP contribution in [0.1, 0.15) is 31.7 Å². The van der Waals surface area contributed by atoms with Crippen LogP contribution in [0.5, 0.6) is 5.75 Å². The number of carbonyl (C=O) groups is 1. The first-order valence-corrected chi connectivity index (χ1v) is 7.73. The summed E-state index contributed by atoms with van der Waals surface area (Å²) in [6.45, 7) is 4.96. The Kier molecular flexibility index (Phi) is 3.89. The Morgan fingerprint density at radius 3 is 2.67 bits per heavy atom. The smallest absolute Gasteiger partial charge is 0.310 e. The molecule has 1 aromatic rings. The van der Waals surface area contributed by atoms with Crippen LogP contribution in [0, 0.1) is 11.3 Å². The van der Waals surface area contributed by atoms with Crippen molar-refractivity contribution in [1.29, 1.82) is 0 Å². The van der Waals surface area contributed by atoms with Crippen LogP contribution in [-0.4, -0.2) is 35.7 Å². The number of hydrogen-bond acceptors (Lipinski definition) is 3. The molecule has 2 aliphatic rings. The van der Waals surface area contributed by atoms with E-state index < -0.39 is 11.4 Å². The highest BCUT2D eigenvalue weighted by atomic mass is 16.5. The maximum atomic E-state index is 11.3. The van der Waals surface area contributed by atoms with Gasteiger partial charge in [-0.1, -0.05) is 12.1 Å². The Morgan fingerprint density at radius 2 is 2.10 bits per heavy atom. The van der Waals surface area contributed by atoms with E-state index in [-0.39, 0.29) is 0 Å². The highest BCUT2D eigenvalue weighted by Crippen LogP contribution is 2.31. The van der Waals surface area contributed by atoms with Gasteiger partial charge in [-0.15, -0.1) is 0 Å². The first-order valence-electron chi connectivity index (χ1n) is 7.73. The molecule has 1 unspecified atom stereocenters. The van der Waals surface area contributed by atoms with E-state index in [9.17, 15) is 9.90 Å². The molecule has 1 aliphatic carbocycles. The van der Waals surface area contributed by atoms with Crippen molar-refractivity contribution in [2.75, 3.05) is 19.7 Å². The molecule has 0 aromatic heterocycles. The van der Waals surface area contributed by atoms with Gasteiger partial charge in [0.05, 0.1) is 12.0 Å². The van der Waals surface area contributed by atoms with E-state index in [4.69, 9.17) is 4.74 Å². The Morgan fingerprint density at radius 1 is 1.38 bits per heavy atom. The summed E-state index contributed by atoms with van der Waals surface area (Å²) in [4.78, 5) is 13.5. The van der Waals surface area contributed by atoms with Crippen molar-refractivity contribution in [3.8, 4) is 5.75 Å². The molecule has 4 nitrogen and oxygen atoms in total. The summed E-state index contributed by atoms with van der Waals surface area (Å²) >= 11 is 0. The summed E-state index contributed by atoms with van der Waals surface area (Å²) in [6, 6.07) is 8.20. The molecule has 1 N–H and O–H groups in total. The number of ether oxygens (including phenoxy) is 1. The molecule has 2 fully saturated rings. The van der Waals surface area contributed by atoms with Crippen LogP contribution in [0.25, 0.3) is 0 Å². The van der Waals surface area contributed by atoms with Gasteiger partial charge in [-0.3, -0.25) is 9.69 Å². The van der Waals surface area contributed by atoms with Crippen LogP contribution in [0.3, 0.4) is 0 Å². The summed E-state index contributed by atoms with van der Waals surface area (Å²) in [5.41, 5.74) is 0.622. The molecule has 21 heavy (non-hydrogen) atoms. The molecule has 3 rings (SSSR count). The van der Waals surface area contributed by atoms with Crippen molar-refractivity contribution < 1.29 is 14.6 Å². The zero-order valence-electron chi connectivity index (χ0n) is 12.5. The third-order valence-corrected chi connectivity index (χ3v) is 4.58. The van der Waals surface area contributed by atoms with Gasteiger partial charge < -0.3 is 9.84 Å². The minimum Gasteiger partial charge on any atom is -0.493 e. The van der Waals surface area contributed by atoms with Crippen LogP contribution in [0.2, 0.25) is 0 Å². The van der Waals surface area contributed by atoms with Gasteiger partial charge in [-0.05, 0) is 56.3 Å². The van der Waals surface area contributed by atoms with E-state index in [1.165, 1.54) is 18.4 Å². The maximum absolute atomic E-state index is 11.3. The molecule has 1 aromatic carbocycles. The number of carboxylic acid groups (broad SMARTS) is 1. The van der Waals surface area contributed by atoms with Crippen molar-refractivity contribution in [2.45, 2.75) is 32.7 Å². The van der Waals surface area contributed by atoms with Crippen LogP contribution in [0.4, 0.5) is 0 Å². The van der Waals surface area contributed by atoms with Gasteiger partial charge in [-0.2, -0.15) is 0 Å². The number of rotatable bonds is 6. The quantitative estimate of drug-likeness (QED) is 0.875. The molecule has 0 bridgehead atoms. The van der Waals surface area contributed by atoms with Gasteiger partial charge in [-0.25, -0.2) is 0 Å². The van der Waals surface area contributed by atoms with Gasteiger partial charge >= 0.3 is 5.97 Å². The fraction of sp³-hybridized carbons (Fsp3) is 0.588. The van der Waals surface area contributed by atoms with Gasteiger partial charge in [0.1, 0.15) is 5.75 Å². The van der Waals surface area contributed by atoms with Gasteiger partial charge in [0.2, 0.25) is 0 Å². The van der Waals surface area contributed by atoms with Crippen molar-refractivity contribution in [2.24, 2.45) is 11.3 Å². The maximum Gasteiger partial charge on any atom is 0.310 e. The average molecular weight is 289 g/mol. The molecule has 0 radical (unpaired) electrons. The third kappa shape index (κ3) is 3.56. The molecule has 1 heterocycles. The fourth-order valence-electron chi connectivity index (χ4n) is 2.81. The lowest BCUT2D eigenvalue weighted by Gasteiger charge is -2.20. The Balaban J connectivity index is 1.52. The SMILES string of the molecule is CC1(C(=O)O)CCN(Cc2ccc(OCC3CC3)cc2)C1. The highest BCUT2D eigenvalue weighted by molar-refractivity contribution is 5.74. The summed E-state index contributed by atoms with van der Waals surface area (Å²) in [5, 5.41) is 9.26. The minimum atomic E-state index is -0.686. The predicted molar refractivity (Wildman–Crippen MR) is 80.3 cm³/mol. The van der Waals surface area contributed by atoms with Crippen molar-refractivity contribution in [3.63, 3.8) is 0 Å². The second-order valence-electron chi connectivity index (χ2n) is 6.72. The third-order valence-electron chi connectivity index (χ3n) is 4.58. The number of hydrogen-bond donors (Lipinski definition) is 1. The molecular formula is C17H23NO3. The number of likely N-dealkylation sites (tertiary alicyclic amines) is 1. The minimum absolute atomic E-state index is 0.590. The van der Waals surface area contributed by atoms with Gasteiger partial charge in [0.25, 0.3) is 0 Å². The second-order valence-corrected chi connectivity index (χ2v) is 6.72.